The standard InChI is InChI=1S/C20H27N5O/c1-25(2)15-20(12-6-7-13-20)14-21-18-11-10-17(23-24-18)19(26)22-16-8-4-3-5-9-16/h3-5,8-11H,6-7,12-15H2,1-2H3,(H,21,24)(H,22,26). The second-order valence-corrected chi connectivity index (χ2v) is 7.42. The van der Waals surface area contributed by atoms with Gasteiger partial charge in [-0.25, -0.2) is 0 Å². The Labute approximate surface area is 155 Å². The number of aromatic nitrogens is 2. The van der Waals surface area contributed by atoms with Crippen LogP contribution in [0.25, 0.3) is 0 Å². The Balaban J connectivity index is 1.58. The van der Waals surface area contributed by atoms with Gasteiger partial charge in [-0.05, 0) is 51.2 Å². The Kier molecular flexibility index (Phi) is 5.83. The molecule has 0 spiro atoms. The van der Waals surface area contributed by atoms with E-state index in [4.69, 9.17) is 0 Å². The summed E-state index contributed by atoms with van der Waals surface area (Å²) in [6.45, 7) is 1.96. The first-order chi connectivity index (χ1) is 12.6. The van der Waals surface area contributed by atoms with E-state index in [2.05, 4.69) is 39.8 Å². The smallest absolute Gasteiger partial charge is 0.276 e. The van der Waals surface area contributed by atoms with E-state index in [1.54, 1.807) is 6.07 Å². The van der Waals surface area contributed by atoms with Crippen molar-refractivity contribution in [2.24, 2.45) is 5.41 Å². The number of carbonyl (C=O) groups is 1. The summed E-state index contributed by atoms with van der Waals surface area (Å²) < 4.78 is 0. The number of amides is 1. The number of nitrogens with zero attached hydrogens (tertiary/aromatic N) is 3. The lowest BCUT2D eigenvalue weighted by Crippen LogP contribution is -2.37. The number of rotatable bonds is 7. The molecule has 0 unspecified atom stereocenters. The zero-order valence-electron chi connectivity index (χ0n) is 15.5. The number of anilines is 2. The molecule has 1 aromatic heterocycles. The molecule has 6 heteroatoms. The Morgan fingerprint density at radius 3 is 2.42 bits per heavy atom. The summed E-state index contributed by atoms with van der Waals surface area (Å²) >= 11 is 0. The van der Waals surface area contributed by atoms with Crippen LogP contribution in [0.5, 0.6) is 0 Å². The van der Waals surface area contributed by atoms with Gasteiger partial charge in [-0.2, -0.15) is 0 Å². The van der Waals surface area contributed by atoms with Crippen LogP contribution in [0.3, 0.4) is 0 Å². The van der Waals surface area contributed by atoms with Crippen LogP contribution in [0.15, 0.2) is 42.5 Å². The minimum Gasteiger partial charge on any atom is -0.368 e. The van der Waals surface area contributed by atoms with E-state index in [9.17, 15) is 4.79 Å². The molecule has 2 aromatic rings. The van der Waals surface area contributed by atoms with Crippen molar-refractivity contribution in [1.29, 1.82) is 0 Å². The van der Waals surface area contributed by atoms with Gasteiger partial charge in [0.05, 0.1) is 0 Å². The van der Waals surface area contributed by atoms with Crippen LogP contribution in [0.2, 0.25) is 0 Å². The Morgan fingerprint density at radius 1 is 1.08 bits per heavy atom. The fourth-order valence-electron chi connectivity index (χ4n) is 3.73. The quantitative estimate of drug-likeness (QED) is 0.799. The molecule has 0 saturated heterocycles. The van der Waals surface area contributed by atoms with Gasteiger partial charge in [-0.3, -0.25) is 4.79 Å². The number of carbonyl (C=O) groups excluding carboxylic acids is 1. The summed E-state index contributed by atoms with van der Waals surface area (Å²) in [5, 5.41) is 14.5. The van der Waals surface area contributed by atoms with Crippen LogP contribution in [0, 0.1) is 5.41 Å². The molecule has 0 bridgehead atoms. The second-order valence-electron chi connectivity index (χ2n) is 7.42. The summed E-state index contributed by atoms with van der Waals surface area (Å²) in [5.74, 6) is 0.460. The van der Waals surface area contributed by atoms with Crippen molar-refractivity contribution in [2.45, 2.75) is 25.7 Å². The maximum Gasteiger partial charge on any atom is 0.276 e. The Morgan fingerprint density at radius 2 is 1.81 bits per heavy atom. The molecule has 2 N–H and O–H groups in total. The first-order valence-electron chi connectivity index (χ1n) is 9.15. The maximum atomic E-state index is 12.2. The van der Waals surface area contributed by atoms with E-state index in [1.165, 1.54) is 25.7 Å². The summed E-state index contributed by atoms with van der Waals surface area (Å²) in [6.07, 6.45) is 5.06. The van der Waals surface area contributed by atoms with Crippen molar-refractivity contribution < 1.29 is 4.79 Å². The molecule has 0 atom stereocenters. The summed E-state index contributed by atoms with van der Waals surface area (Å²) in [5.41, 5.74) is 1.35. The highest BCUT2D eigenvalue weighted by Gasteiger charge is 2.34. The normalized spacial score (nSPS) is 15.8. The fourth-order valence-corrected chi connectivity index (χ4v) is 3.73. The molecular formula is C20H27N5O. The Bertz CT molecular complexity index is 709. The highest BCUT2D eigenvalue weighted by molar-refractivity contribution is 6.02. The highest BCUT2D eigenvalue weighted by atomic mass is 16.1. The molecule has 1 amide bonds. The minimum absolute atomic E-state index is 0.255. The summed E-state index contributed by atoms with van der Waals surface area (Å²) in [6, 6.07) is 12.9. The molecule has 0 aliphatic heterocycles. The predicted molar refractivity (Wildman–Crippen MR) is 104 cm³/mol. The highest BCUT2D eigenvalue weighted by Crippen LogP contribution is 2.38. The zero-order valence-corrected chi connectivity index (χ0v) is 15.5. The largest absolute Gasteiger partial charge is 0.368 e. The average molecular weight is 353 g/mol. The van der Waals surface area contributed by atoms with Gasteiger partial charge < -0.3 is 15.5 Å². The van der Waals surface area contributed by atoms with Crippen LogP contribution < -0.4 is 10.6 Å². The minimum atomic E-state index is -0.255. The van der Waals surface area contributed by atoms with Gasteiger partial charge in [-0.15, -0.1) is 10.2 Å². The van der Waals surface area contributed by atoms with Crippen LogP contribution in [0.4, 0.5) is 11.5 Å². The number of benzene rings is 1. The SMILES string of the molecule is CN(C)CC1(CNc2ccc(C(=O)Nc3ccccc3)nn2)CCCC1. The molecule has 138 valence electrons. The van der Waals surface area contributed by atoms with Crippen LogP contribution >= 0.6 is 0 Å². The van der Waals surface area contributed by atoms with Gasteiger partial charge in [0, 0.05) is 24.2 Å². The molecule has 26 heavy (non-hydrogen) atoms. The van der Waals surface area contributed by atoms with Crippen molar-refractivity contribution in [3.05, 3.63) is 48.2 Å². The lowest BCUT2D eigenvalue weighted by atomic mass is 9.85. The van der Waals surface area contributed by atoms with E-state index < -0.39 is 0 Å². The van der Waals surface area contributed by atoms with Crippen molar-refractivity contribution >= 4 is 17.4 Å². The third kappa shape index (κ3) is 4.79. The zero-order chi connectivity index (χ0) is 18.4. The molecule has 1 aromatic carbocycles. The molecule has 1 aliphatic rings. The van der Waals surface area contributed by atoms with Gasteiger partial charge in [0.25, 0.3) is 5.91 Å². The number of nitrogens with one attached hydrogen (secondary N) is 2. The van der Waals surface area contributed by atoms with E-state index in [0.29, 0.717) is 16.9 Å². The third-order valence-electron chi connectivity index (χ3n) is 4.89. The van der Waals surface area contributed by atoms with Crippen LogP contribution in [-0.4, -0.2) is 48.2 Å². The molecule has 0 radical (unpaired) electrons. The summed E-state index contributed by atoms with van der Waals surface area (Å²) in [7, 11) is 4.25. The van der Waals surface area contributed by atoms with E-state index in [0.717, 1.165) is 18.8 Å². The van der Waals surface area contributed by atoms with Gasteiger partial charge in [0.15, 0.2) is 5.69 Å². The second kappa shape index (κ2) is 8.27. The van der Waals surface area contributed by atoms with Crippen molar-refractivity contribution in [1.82, 2.24) is 15.1 Å². The van der Waals surface area contributed by atoms with Gasteiger partial charge in [0.1, 0.15) is 5.82 Å². The van der Waals surface area contributed by atoms with Crippen molar-refractivity contribution in [3.63, 3.8) is 0 Å². The average Bonchev–Trinajstić information content (AvgIpc) is 3.09. The van der Waals surface area contributed by atoms with E-state index in [-0.39, 0.29) is 5.91 Å². The lowest BCUT2D eigenvalue weighted by molar-refractivity contribution is 0.102. The first-order valence-corrected chi connectivity index (χ1v) is 9.15. The van der Waals surface area contributed by atoms with Crippen LogP contribution in [0.1, 0.15) is 36.2 Å². The topological polar surface area (TPSA) is 70.2 Å². The first kappa shape index (κ1) is 18.3. The van der Waals surface area contributed by atoms with Gasteiger partial charge in [-0.1, -0.05) is 31.0 Å². The number of hydrogen-bond donors (Lipinski definition) is 2. The van der Waals surface area contributed by atoms with Crippen molar-refractivity contribution in [2.75, 3.05) is 37.8 Å². The molecule has 3 rings (SSSR count). The maximum absolute atomic E-state index is 12.2. The Hall–Kier alpha value is -2.47. The molecule has 1 saturated carbocycles. The molecule has 1 heterocycles. The predicted octanol–water partition coefficient (Wildman–Crippen LogP) is 3.26. The molecule has 1 aliphatic carbocycles. The molecule has 1 fully saturated rings. The van der Waals surface area contributed by atoms with E-state index in [1.807, 2.05) is 36.4 Å². The van der Waals surface area contributed by atoms with Crippen LogP contribution in [-0.2, 0) is 0 Å². The molecule has 6 nitrogen and oxygen atoms in total. The van der Waals surface area contributed by atoms with Gasteiger partial charge in [0.2, 0.25) is 0 Å². The number of para-hydroxylation sites is 1. The monoisotopic (exact) mass is 353 g/mol. The fraction of sp³-hybridized carbons (Fsp3) is 0.450. The number of hydrogen-bond acceptors (Lipinski definition) is 5. The third-order valence-corrected chi connectivity index (χ3v) is 4.89. The lowest BCUT2D eigenvalue weighted by Gasteiger charge is -2.32. The summed E-state index contributed by atoms with van der Waals surface area (Å²) in [4.78, 5) is 14.5. The van der Waals surface area contributed by atoms with Crippen molar-refractivity contribution in [3.8, 4) is 0 Å². The molecular weight excluding hydrogens is 326 g/mol. The van der Waals surface area contributed by atoms with Gasteiger partial charge >= 0.3 is 0 Å². The van der Waals surface area contributed by atoms with E-state index >= 15 is 0 Å².